The number of ether oxygens (including phenoxy) is 1. The van der Waals surface area contributed by atoms with E-state index in [0.717, 1.165) is 33.5 Å². The van der Waals surface area contributed by atoms with E-state index in [9.17, 15) is 4.79 Å². The minimum Gasteiger partial charge on any atom is -0.497 e. The van der Waals surface area contributed by atoms with E-state index in [1.54, 1.807) is 13.4 Å². The molecule has 1 N–H and O–H groups in total. The van der Waals surface area contributed by atoms with Crippen LogP contribution in [0.5, 0.6) is 5.75 Å². The van der Waals surface area contributed by atoms with Crippen LogP contribution in [-0.4, -0.2) is 13.0 Å². The van der Waals surface area contributed by atoms with Gasteiger partial charge in [-0.1, -0.05) is 42.5 Å². The minimum absolute atomic E-state index is 0.0824. The molecule has 4 aromatic rings. The van der Waals surface area contributed by atoms with Gasteiger partial charge in [-0.25, -0.2) is 0 Å². The van der Waals surface area contributed by atoms with E-state index in [-0.39, 0.29) is 12.3 Å². The molecule has 1 aromatic heterocycles. The van der Waals surface area contributed by atoms with Crippen molar-refractivity contribution in [2.45, 2.75) is 6.42 Å². The number of carbonyl (C=O) groups excluding carboxylic acids is 1. The summed E-state index contributed by atoms with van der Waals surface area (Å²) in [5, 5.41) is 3.86. The Morgan fingerprint density at radius 2 is 1.70 bits per heavy atom. The number of rotatable bonds is 5. The Bertz CT molecular complexity index is 1070. The van der Waals surface area contributed by atoms with E-state index >= 15 is 0 Å². The zero-order chi connectivity index (χ0) is 18.6. The van der Waals surface area contributed by atoms with Crippen LogP contribution in [0.25, 0.3) is 22.1 Å². The average molecular weight is 357 g/mol. The molecule has 4 rings (SSSR count). The quantitative estimate of drug-likeness (QED) is 0.528. The van der Waals surface area contributed by atoms with Crippen molar-refractivity contribution in [2.24, 2.45) is 0 Å². The molecule has 0 fully saturated rings. The molecule has 0 unspecified atom stereocenters. The van der Waals surface area contributed by atoms with Crippen molar-refractivity contribution in [1.29, 1.82) is 0 Å². The average Bonchev–Trinajstić information content (AvgIpc) is 3.11. The van der Waals surface area contributed by atoms with E-state index in [2.05, 4.69) is 17.4 Å². The van der Waals surface area contributed by atoms with Crippen LogP contribution < -0.4 is 10.1 Å². The molecule has 0 bridgehead atoms. The Hall–Kier alpha value is -3.53. The maximum Gasteiger partial charge on any atom is 0.228 e. The largest absolute Gasteiger partial charge is 0.497 e. The second kappa shape index (κ2) is 7.38. The van der Waals surface area contributed by atoms with Gasteiger partial charge >= 0.3 is 0 Å². The van der Waals surface area contributed by atoms with Crippen LogP contribution in [0.15, 0.2) is 83.5 Å². The maximum atomic E-state index is 12.4. The lowest BCUT2D eigenvalue weighted by Crippen LogP contribution is -2.14. The highest BCUT2D eigenvalue weighted by atomic mass is 16.5. The number of benzene rings is 3. The van der Waals surface area contributed by atoms with Gasteiger partial charge in [-0.3, -0.25) is 4.79 Å². The van der Waals surface area contributed by atoms with Crippen molar-refractivity contribution in [2.75, 3.05) is 12.4 Å². The summed E-state index contributed by atoms with van der Waals surface area (Å²) in [5.41, 5.74) is 4.60. The Balaban J connectivity index is 1.45. The standard InChI is InChI=1S/C23H19NO3/c1-26-20-11-12-21-18(15-27-22(21)14-20)13-23(25)24-19-9-7-17(8-10-19)16-5-3-2-4-6-16/h2-12,14-15H,13H2,1H3,(H,24,25). The first kappa shape index (κ1) is 16.9. The third-order valence-electron chi connectivity index (χ3n) is 4.49. The molecule has 0 aliphatic heterocycles. The predicted octanol–water partition coefficient (Wildman–Crippen LogP) is 5.29. The number of hydrogen-bond acceptors (Lipinski definition) is 3. The Morgan fingerprint density at radius 1 is 0.963 bits per heavy atom. The summed E-state index contributed by atoms with van der Waals surface area (Å²) >= 11 is 0. The van der Waals surface area contributed by atoms with Crippen molar-refractivity contribution in [3.05, 3.63) is 84.6 Å². The monoisotopic (exact) mass is 357 g/mol. The van der Waals surface area contributed by atoms with Crippen LogP contribution >= 0.6 is 0 Å². The lowest BCUT2D eigenvalue weighted by Gasteiger charge is -2.07. The van der Waals surface area contributed by atoms with Gasteiger partial charge in [0.05, 0.1) is 19.8 Å². The smallest absolute Gasteiger partial charge is 0.228 e. The zero-order valence-corrected chi connectivity index (χ0v) is 14.9. The Morgan fingerprint density at radius 3 is 2.44 bits per heavy atom. The SMILES string of the molecule is COc1ccc2c(CC(=O)Nc3ccc(-c4ccccc4)cc3)coc2c1. The molecule has 0 spiro atoms. The molecule has 0 saturated carbocycles. The van der Waals surface area contributed by atoms with Gasteiger partial charge in [0.25, 0.3) is 0 Å². The topological polar surface area (TPSA) is 51.5 Å². The third kappa shape index (κ3) is 3.70. The molecular formula is C23H19NO3. The van der Waals surface area contributed by atoms with Gasteiger partial charge in [0.2, 0.25) is 5.91 Å². The van der Waals surface area contributed by atoms with Gasteiger partial charge < -0.3 is 14.5 Å². The fraction of sp³-hybridized carbons (Fsp3) is 0.0870. The molecule has 4 heteroatoms. The first-order valence-corrected chi connectivity index (χ1v) is 8.72. The van der Waals surface area contributed by atoms with Crippen LogP contribution in [0.2, 0.25) is 0 Å². The van der Waals surface area contributed by atoms with E-state index in [0.29, 0.717) is 5.58 Å². The Kier molecular flexibility index (Phi) is 4.62. The molecule has 134 valence electrons. The van der Waals surface area contributed by atoms with Gasteiger partial charge in [-0.2, -0.15) is 0 Å². The molecule has 0 saturated heterocycles. The minimum atomic E-state index is -0.0824. The van der Waals surface area contributed by atoms with Crippen LogP contribution in [-0.2, 0) is 11.2 Å². The number of carbonyl (C=O) groups is 1. The lowest BCUT2D eigenvalue weighted by molar-refractivity contribution is -0.115. The molecule has 0 radical (unpaired) electrons. The molecular weight excluding hydrogens is 338 g/mol. The van der Waals surface area contributed by atoms with Crippen LogP contribution in [0.1, 0.15) is 5.56 Å². The summed E-state index contributed by atoms with van der Waals surface area (Å²) < 4.78 is 10.7. The van der Waals surface area contributed by atoms with Crippen LogP contribution in [0, 0.1) is 0 Å². The fourth-order valence-corrected chi connectivity index (χ4v) is 3.08. The maximum absolute atomic E-state index is 12.4. The Labute approximate surface area is 157 Å². The summed E-state index contributed by atoms with van der Waals surface area (Å²) in [5.74, 6) is 0.646. The van der Waals surface area contributed by atoms with E-state index in [1.807, 2.05) is 60.7 Å². The summed E-state index contributed by atoms with van der Waals surface area (Å²) in [6, 6.07) is 23.6. The van der Waals surface area contributed by atoms with Crippen molar-refractivity contribution < 1.29 is 13.9 Å². The number of furan rings is 1. The van der Waals surface area contributed by atoms with Crippen molar-refractivity contribution >= 4 is 22.6 Å². The molecule has 27 heavy (non-hydrogen) atoms. The summed E-state index contributed by atoms with van der Waals surface area (Å²) in [6.07, 6.45) is 1.88. The molecule has 1 amide bonds. The molecule has 4 nitrogen and oxygen atoms in total. The van der Waals surface area contributed by atoms with Crippen molar-refractivity contribution in [3.63, 3.8) is 0 Å². The highest BCUT2D eigenvalue weighted by molar-refractivity contribution is 5.95. The van der Waals surface area contributed by atoms with Gasteiger partial charge in [-0.05, 0) is 35.4 Å². The number of anilines is 1. The summed E-state index contributed by atoms with van der Waals surface area (Å²) in [7, 11) is 1.61. The normalized spacial score (nSPS) is 10.7. The molecule has 0 aliphatic carbocycles. The second-order valence-electron chi connectivity index (χ2n) is 6.29. The van der Waals surface area contributed by atoms with Crippen LogP contribution in [0.3, 0.4) is 0 Å². The molecule has 3 aromatic carbocycles. The highest BCUT2D eigenvalue weighted by Crippen LogP contribution is 2.26. The molecule has 1 heterocycles. The van der Waals surface area contributed by atoms with Gasteiger partial charge in [0.15, 0.2) is 0 Å². The second-order valence-corrected chi connectivity index (χ2v) is 6.29. The van der Waals surface area contributed by atoms with Crippen LogP contribution in [0.4, 0.5) is 5.69 Å². The van der Waals surface area contributed by atoms with Crippen molar-refractivity contribution in [1.82, 2.24) is 0 Å². The number of hydrogen-bond donors (Lipinski definition) is 1. The third-order valence-corrected chi connectivity index (χ3v) is 4.49. The van der Waals surface area contributed by atoms with Gasteiger partial charge in [0.1, 0.15) is 11.3 Å². The zero-order valence-electron chi connectivity index (χ0n) is 14.9. The first-order chi connectivity index (χ1) is 13.2. The van der Waals surface area contributed by atoms with E-state index in [1.165, 1.54) is 0 Å². The number of fused-ring (bicyclic) bond motifs is 1. The highest BCUT2D eigenvalue weighted by Gasteiger charge is 2.11. The lowest BCUT2D eigenvalue weighted by atomic mass is 10.1. The van der Waals surface area contributed by atoms with Gasteiger partial charge in [0, 0.05) is 22.7 Å². The number of methoxy groups -OCH3 is 1. The summed E-state index contributed by atoms with van der Waals surface area (Å²) in [6.45, 7) is 0. The first-order valence-electron chi connectivity index (χ1n) is 8.72. The number of amides is 1. The van der Waals surface area contributed by atoms with E-state index in [4.69, 9.17) is 9.15 Å². The van der Waals surface area contributed by atoms with Gasteiger partial charge in [-0.15, -0.1) is 0 Å². The predicted molar refractivity (Wildman–Crippen MR) is 107 cm³/mol. The number of nitrogens with one attached hydrogen (secondary N) is 1. The van der Waals surface area contributed by atoms with Crippen molar-refractivity contribution in [3.8, 4) is 16.9 Å². The van der Waals surface area contributed by atoms with E-state index < -0.39 is 0 Å². The fourth-order valence-electron chi connectivity index (χ4n) is 3.08. The molecule has 0 atom stereocenters. The molecule has 0 aliphatic rings. The summed E-state index contributed by atoms with van der Waals surface area (Å²) in [4.78, 5) is 12.4.